The lowest BCUT2D eigenvalue weighted by molar-refractivity contribution is -0.141. The minimum absolute atomic E-state index is 0.101. The maximum absolute atomic E-state index is 13.2. The molecule has 0 aliphatic heterocycles. The van der Waals surface area contributed by atoms with E-state index < -0.39 is 34.4 Å². The third-order valence-corrected chi connectivity index (χ3v) is 3.17. The molecular formula is C14H16F3N3O3. The van der Waals surface area contributed by atoms with Crippen LogP contribution in [-0.2, 0) is 16.3 Å². The van der Waals surface area contributed by atoms with Crippen LogP contribution in [-0.4, -0.2) is 27.2 Å². The lowest BCUT2D eigenvalue weighted by Gasteiger charge is -2.18. The summed E-state index contributed by atoms with van der Waals surface area (Å²) in [5, 5.41) is 3.26. The highest BCUT2D eigenvalue weighted by atomic mass is 19.4. The minimum atomic E-state index is -4.89. The third kappa shape index (κ3) is 3.08. The summed E-state index contributed by atoms with van der Waals surface area (Å²) in [6.45, 7) is 6.70. The Kier molecular flexibility index (Phi) is 4.00. The molecule has 0 bridgehead atoms. The van der Waals surface area contributed by atoms with Crippen LogP contribution in [0.4, 0.5) is 13.2 Å². The maximum Gasteiger partial charge on any atom is 0.436 e. The minimum Gasteiger partial charge on any atom is -0.462 e. The molecule has 0 aromatic carbocycles. The van der Waals surface area contributed by atoms with Crippen molar-refractivity contribution < 1.29 is 22.7 Å². The molecule has 2 aromatic rings. The molecule has 2 aromatic heterocycles. The van der Waals surface area contributed by atoms with Gasteiger partial charge in [-0.15, -0.1) is 0 Å². The molecule has 0 fully saturated rings. The molecule has 0 saturated carbocycles. The number of aromatic nitrogens is 3. The largest absolute Gasteiger partial charge is 0.462 e. The van der Waals surface area contributed by atoms with Crippen molar-refractivity contribution in [2.24, 2.45) is 0 Å². The van der Waals surface area contributed by atoms with Crippen molar-refractivity contribution in [1.29, 1.82) is 0 Å². The number of ether oxygens (including phenoxy) is 1. The third-order valence-electron chi connectivity index (χ3n) is 3.17. The van der Waals surface area contributed by atoms with Crippen LogP contribution >= 0.6 is 0 Å². The van der Waals surface area contributed by atoms with E-state index in [1.165, 1.54) is 6.92 Å². The Hall–Kier alpha value is -2.32. The average Bonchev–Trinajstić information content (AvgIpc) is 2.77. The van der Waals surface area contributed by atoms with Crippen LogP contribution in [0.2, 0.25) is 0 Å². The van der Waals surface area contributed by atoms with Crippen molar-refractivity contribution >= 4 is 11.6 Å². The van der Waals surface area contributed by atoms with Crippen molar-refractivity contribution in [2.45, 2.75) is 39.3 Å². The first kappa shape index (κ1) is 17.0. The number of alkyl halides is 3. The molecule has 0 unspecified atom stereocenters. The SMILES string of the molecule is CCOC(=O)c1c(C(F)(F)F)nn2c(=O)cc(C(C)(C)C)[nH]c12. The van der Waals surface area contributed by atoms with E-state index >= 15 is 0 Å². The van der Waals surface area contributed by atoms with Crippen LogP contribution in [0.15, 0.2) is 10.9 Å². The standard InChI is InChI=1S/C14H16F3N3O3/c1-5-23-12(22)9-10(14(15,16)17)19-20-8(21)6-7(13(2,3)4)18-11(9)20/h6,18H,5H2,1-4H3. The summed E-state index contributed by atoms with van der Waals surface area (Å²) >= 11 is 0. The van der Waals surface area contributed by atoms with Gasteiger partial charge in [0, 0.05) is 17.2 Å². The van der Waals surface area contributed by atoms with E-state index in [0.29, 0.717) is 10.2 Å². The van der Waals surface area contributed by atoms with Crippen LogP contribution in [0.1, 0.15) is 49.4 Å². The first-order chi connectivity index (χ1) is 10.5. The second-order valence-electron chi connectivity index (χ2n) is 5.97. The summed E-state index contributed by atoms with van der Waals surface area (Å²) in [6, 6.07) is 1.16. The lowest BCUT2D eigenvalue weighted by atomic mass is 9.92. The molecule has 2 heterocycles. The van der Waals surface area contributed by atoms with Gasteiger partial charge in [0.1, 0.15) is 5.56 Å². The number of carbonyl (C=O) groups excluding carboxylic acids is 1. The number of halogens is 3. The smallest absolute Gasteiger partial charge is 0.436 e. The molecule has 9 heteroatoms. The number of nitrogens with one attached hydrogen (secondary N) is 1. The molecule has 2 rings (SSSR count). The van der Waals surface area contributed by atoms with Crippen LogP contribution in [0, 0.1) is 0 Å². The van der Waals surface area contributed by atoms with Crippen LogP contribution < -0.4 is 5.56 Å². The van der Waals surface area contributed by atoms with Crippen molar-refractivity contribution in [2.75, 3.05) is 6.61 Å². The van der Waals surface area contributed by atoms with Gasteiger partial charge in [-0.2, -0.15) is 22.8 Å². The molecule has 0 aliphatic carbocycles. The Morgan fingerprint density at radius 1 is 1.35 bits per heavy atom. The summed E-state index contributed by atoms with van der Waals surface area (Å²) in [5.74, 6) is -1.18. The van der Waals surface area contributed by atoms with Crippen molar-refractivity contribution in [1.82, 2.24) is 14.6 Å². The van der Waals surface area contributed by atoms with Crippen LogP contribution in [0.5, 0.6) is 0 Å². The Labute approximate surface area is 129 Å². The van der Waals surface area contributed by atoms with Crippen LogP contribution in [0.3, 0.4) is 0 Å². The summed E-state index contributed by atoms with van der Waals surface area (Å²) in [4.78, 5) is 26.7. The van der Waals surface area contributed by atoms with Gasteiger partial charge in [-0.1, -0.05) is 20.8 Å². The van der Waals surface area contributed by atoms with Gasteiger partial charge in [0.05, 0.1) is 6.61 Å². The van der Waals surface area contributed by atoms with Gasteiger partial charge >= 0.3 is 12.1 Å². The monoisotopic (exact) mass is 331 g/mol. The second kappa shape index (κ2) is 5.39. The molecule has 1 N–H and O–H groups in total. The molecule has 0 atom stereocenters. The van der Waals surface area contributed by atoms with Gasteiger partial charge in [-0.05, 0) is 6.92 Å². The highest BCUT2D eigenvalue weighted by molar-refractivity contribution is 5.97. The lowest BCUT2D eigenvalue weighted by Crippen LogP contribution is -2.22. The van der Waals surface area contributed by atoms with E-state index in [1.807, 2.05) is 0 Å². The molecule has 6 nitrogen and oxygen atoms in total. The fraction of sp³-hybridized carbons (Fsp3) is 0.500. The van der Waals surface area contributed by atoms with E-state index in [4.69, 9.17) is 0 Å². The van der Waals surface area contributed by atoms with Crippen molar-refractivity contribution in [3.05, 3.63) is 33.4 Å². The quantitative estimate of drug-likeness (QED) is 0.858. The number of esters is 1. The Morgan fingerprint density at radius 2 is 1.96 bits per heavy atom. The maximum atomic E-state index is 13.2. The van der Waals surface area contributed by atoms with E-state index in [0.717, 1.165) is 6.07 Å². The molecule has 0 radical (unpaired) electrons. The molecule has 0 amide bonds. The number of H-pyrrole nitrogens is 1. The van der Waals surface area contributed by atoms with Crippen molar-refractivity contribution in [3.8, 4) is 0 Å². The van der Waals surface area contributed by atoms with E-state index in [1.54, 1.807) is 20.8 Å². The zero-order valence-corrected chi connectivity index (χ0v) is 13.0. The predicted octanol–water partition coefficient (Wildman–Crippen LogP) is 2.52. The highest BCUT2D eigenvalue weighted by Crippen LogP contribution is 2.33. The topological polar surface area (TPSA) is 76.5 Å². The predicted molar refractivity (Wildman–Crippen MR) is 75.5 cm³/mol. The van der Waals surface area contributed by atoms with Crippen molar-refractivity contribution in [3.63, 3.8) is 0 Å². The summed E-state index contributed by atoms with van der Waals surface area (Å²) in [7, 11) is 0. The number of hydrogen-bond donors (Lipinski definition) is 1. The first-order valence-corrected chi connectivity index (χ1v) is 6.87. The van der Waals surface area contributed by atoms with Gasteiger partial charge in [0.2, 0.25) is 0 Å². The van der Waals surface area contributed by atoms with Gasteiger partial charge in [0.25, 0.3) is 5.56 Å². The Bertz CT molecular complexity index is 813. The molecule has 0 saturated heterocycles. The fourth-order valence-corrected chi connectivity index (χ4v) is 2.04. The molecule has 126 valence electrons. The zero-order chi connectivity index (χ0) is 17.6. The Balaban J connectivity index is 2.89. The van der Waals surface area contributed by atoms with E-state index in [9.17, 15) is 22.8 Å². The van der Waals surface area contributed by atoms with Gasteiger partial charge in [-0.25, -0.2) is 4.79 Å². The number of aromatic amines is 1. The van der Waals surface area contributed by atoms with Gasteiger partial charge in [-0.3, -0.25) is 4.79 Å². The van der Waals surface area contributed by atoms with Gasteiger partial charge in [0.15, 0.2) is 11.3 Å². The number of fused-ring (bicyclic) bond motifs is 1. The zero-order valence-electron chi connectivity index (χ0n) is 13.0. The highest BCUT2D eigenvalue weighted by Gasteiger charge is 2.41. The number of nitrogens with zero attached hydrogens (tertiary/aromatic N) is 2. The first-order valence-electron chi connectivity index (χ1n) is 6.87. The van der Waals surface area contributed by atoms with E-state index in [2.05, 4.69) is 14.8 Å². The molecule has 0 aliphatic rings. The summed E-state index contributed by atoms with van der Waals surface area (Å²) < 4.78 is 44.7. The summed E-state index contributed by atoms with van der Waals surface area (Å²) in [6.07, 6.45) is -4.89. The second-order valence-corrected chi connectivity index (χ2v) is 5.97. The Morgan fingerprint density at radius 3 is 2.43 bits per heavy atom. The molecule has 0 spiro atoms. The average molecular weight is 331 g/mol. The van der Waals surface area contributed by atoms with Crippen LogP contribution in [0.25, 0.3) is 5.65 Å². The molecule has 23 heavy (non-hydrogen) atoms. The number of rotatable bonds is 2. The number of hydrogen-bond acceptors (Lipinski definition) is 4. The fourth-order valence-electron chi connectivity index (χ4n) is 2.04. The number of carbonyl (C=O) groups is 1. The van der Waals surface area contributed by atoms with Gasteiger partial charge < -0.3 is 9.72 Å². The summed E-state index contributed by atoms with van der Waals surface area (Å²) in [5.41, 5.74) is -3.47. The van der Waals surface area contributed by atoms with E-state index in [-0.39, 0.29) is 12.3 Å². The normalized spacial score (nSPS) is 12.7. The molecular weight excluding hydrogens is 315 g/mol.